The average molecular weight is 490 g/mol. The highest BCUT2D eigenvalue weighted by atomic mass is 16.5. The lowest BCUT2D eigenvalue weighted by Gasteiger charge is -2.34. The highest BCUT2D eigenvalue weighted by Crippen LogP contribution is 2.37. The third-order valence-corrected chi connectivity index (χ3v) is 6.35. The summed E-state index contributed by atoms with van der Waals surface area (Å²) in [5.41, 5.74) is 3.05. The van der Waals surface area contributed by atoms with Gasteiger partial charge in [-0.2, -0.15) is 10.1 Å². The number of anilines is 2. The van der Waals surface area contributed by atoms with E-state index in [4.69, 9.17) is 9.84 Å². The van der Waals surface area contributed by atoms with Crippen molar-refractivity contribution in [3.8, 4) is 11.5 Å². The second-order valence-electron chi connectivity index (χ2n) is 10.5. The van der Waals surface area contributed by atoms with Gasteiger partial charge in [0.1, 0.15) is 17.3 Å². The fraction of sp³-hybridized carbons (Fsp3) is 0.423. The highest BCUT2D eigenvalue weighted by molar-refractivity contribution is 5.78. The molecule has 1 aliphatic carbocycles. The molecule has 0 aromatic carbocycles. The molecule has 188 valence electrons. The van der Waals surface area contributed by atoms with Crippen LogP contribution < -0.4 is 10.1 Å². The van der Waals surface area contributed by atoms with Crippen LogP contribution in [0.4, 0.5) is 11.8 Å². The van der Waals surface area contributed by atoms with E-state index >= 15 is 0 Å². The maximum absolute atomic E-state index is 11.4. The average Bonchev–Trinajstić information content (AvgIpc) is 3.33. The van der Waals surface area contributed by atoms with Crippen molar-refractivity contribution in [1.82, 2.24) is 29.3 Å². The molecule has 0 spiro atoms. The summed E-state index contributed by atoms with van der Waals surface area (Å²) in [7, 11) is 1.91. The second kappa shape index (κ2) is 9.02. The maximum atomic E-state index is 11.4. The standard InChI is InChI=1S/C26H31N7O3/c1-15(34)8-16-9-19(6-7-27-16)36-20-12-21-24(28-14-20)30-25(32(21)5)29-23-13-22(26(2,3)4)33(31-23)17-10-18(35)11-17/h6-7,9,12-14,17-18,35H,8,10-11H2,1-5H3,(H,28,29,30,31). The van der Waals surface area contributed by atoms with Crippen LogP contribution in [-0.4, -0.2) is 46.3 Å². The summed E-state index contributed by atoms with van der Waals surface area (Å²) < 4.78 is 9.94. The van der Waals surface area contributed by atoms with Crippen molar-refractivity contribution < 1.29 is 14.6 Å². The lowest BCUT2D eigenvalue weighted by Crippen LogP contribution is -2.34. The van der Waals surface area contributed by atoms with Crippen LogP contribution in [0.1, 0.15) is 58.0 Å². The predicted octanol–water partition coefficient (Wildman–Crippen LogP) is 4.22. The van der Waals surface area contributed by atoms with Gasteiger partial charge in [0.25, 0.3) is 0 Å². The molecule has 4 heterocycles. The first-order valence-electron chi connectivity index (χ1n) is 12.1. The second-order valence-corrected chi connectivity index (χ2v) is 10.5. The molecule has 36 heavy (non-hydrogen) atoms. The number of aliphatic hydroxyl groups excluding tert-OH is 1. The van der Waals surface area contributed by atoms with Crippen LogP contribution in [0.3, 0.4) is 0 Å². The Labute approximate surface area is 209 Å². The first-order valence-corrected chi connectivity index (χ1v) is 12.1. The molecule has 4 aromatic rings. The van der Waals surface area contributed by atoms with E-state index in [0.29, 0.717) is 34.6 Å². The number of ether oxygens (including phenoxy) is 1. The monoisotopic (exact) mass is 489 g/mol. The largest absolute Gasteiger partial charge is 0.456 e. The van der Waals surface area contributed by atoms with E-state index in [9.17, 15) is 9.90 Å². The van der Waals surface area contributed by atoms with Gasteiger partial charge in [0, 0.05) is 49.0 Å². The van der Waals surface area contributed by atoms with Crippen molar-refractivity contribution in [2.75, 3.05) is 5.32 Å². The molecule has 0 radical (unpaired) electrons. The molecule has 1 saturated carbocycles. The molecule has 1 aliphatic rings. The number of nitrogens with zero attached hydrogens (tertiary/aromatic N) is 6. The normalized spacial score (nSPS) is 17.7. The van der Waals surface area contributed by atoms with E-state index in [1.54, 1.807) is 24.5 Å². The molecular formula is C26H31N7O3. The third kappa shape index (κ3) is 4.81. The van der Waals surface area contributed by atoms with Crippen molar-refractivity contribution in [2.24, 2.45) is 7.05 Å². The topological polar surface area (TPSA) is 120 Å². The Kier molecular flexibility index (Phi) is 5.99. The molecule has 10 heteroatoms. The smallest absolute Gasteiger partial charge is 0.210 e. The fourth-order valence-corrected chi connectivity index (χ4v) is 4.39. The summed E-state index contributed by atoms with van der Waals surface area (Å²) >= 11 is 0. The van der Waals surface area contributed by atoms with Gasteiger partial charge < -0.3 is 19.7 Å². The summed E-state index contributed by atoms with van der Waals surface area (Å²) in [5, 5.41) is 17.9. The summed E-state index contributed by atoms with van der Waals surface area (Å²) in [6.07, 6.45) is 4.70. The van der Waals surface area contributed by atoms with Crippen LogP contribution in [0.15, 0.2) is 36.7 Å². The predicted molar refractivity (Wildman–Crippen MR) is 136 cm³/mol. The lowest BCUT2D eigenvalue weighted by molar-refractivity contribution is -0.116. The Morgan fingerprint density at radius 2 is 1.97 bits per heavy atom. The first-order chi connectivity index (χ1) is 17.1. The molecule has 0 unspecified atom stereocenters. The molecule has 0 saturated heterocycles. The van der Waals surface area contributed by atoms with E-state index < -0.39 is 0 Å². The molecule has 10 nitrogen and oxygen atoms in total. The minimum Gasteiger partial charge on any atom is -0.456 e. The van der Waals surface area contributed by atoms with Gasteiger partial charge >= 0.3 is 0 Å². The zero-order chi connectivity index (χ0) is 25.6. The zero-order valence-corrected chi connectivity index (χ0v) is 21.2. The van der Waals surface area contributed by atoms with E-state index in [0.717, 1.165) is 24.1 Å². The molecule has 1 fully saturated rings. The van der Waals surface area contributed by atoms with Gasteiger partial charge in [0.05, 0.1) is 29.6 Å². The molecule has 4 aromatic heterocycles. The van der Waals surface area contributed by atoms with Gasteiger partial charge in [0.2, 0.25) is 5.95 Å². The number of rotatable bonds is 7. The minimum atomic E-state index is -0.251. The van der Waals surface area contributed by atoms with Gasteiger partial charge in [-0.1, -0.05) is 20.8 Å². The summed E-state index contributed by atoms with van der Waals surface area (Å²) in [6.45, 7) is 8.01. The quantitative estimate of drug-likeness (QED) is 0.396. The maximum Gasteiger partial charge on any atom is 0.210 e. The number of aromatic nitrogens is 6. The number of pyridine rings is 2. The number of carbonyl (C=O) groups excluding carboxylic acids is 1. The van der Waals surface area contributed by atoms with Crippen molar-refractivity contribution in [3.63, 3.8) is 0 Å². The van der Waals surface area contributed by atoms with Crippen LogP contribution in [0.25, 0.3) is 11.2 Å². The third-order valence-electron chi connectivity index (χ3n) is 6.35. The number of fused-ring (bicyclic) bond motifs is 1. The Morgan fingerprint density at radius 1 is 1.19 bits per heavy atom. The van der Waals surface area contributed by atoms with Crippen LogP contribution in [0.5, 0.6) is 11.5 Å². The highest BCUT2D eigenvalue weighted by Gasteiger charge is 2.33. The summed E-state index contributed by atoms with van der Waals surface area (Å²) in [5.74, 6) is 2.50. The summed E-state index contributed by atoms with van der Waals surface area (Å²) in [4.78, 5) is 24.7. The molecule has 0 bridgehead atoms. The van der Waals surface area contributed by atoms with Crippen molar-refractivity contribution in [3.05, 3.63) is 48.0 Å². The number of nitrogens with one attached hydrogen (secondary N) is 1. The number of hydrogen-bond acceptors (Lipinski definition) is 8. The number of aliphatic hydroxyl groups is 1. The van der Waals surface area contributed by atoms with Crippen LogP contribution in [0.2, 0.25) is 0 Å². The van der Waals surface area contributed by atoms with Gasteiger partial charge in [-0.25, -0.2) is 4.98 Å². The number of hydrogen-bond donors (Lipinski definition) is 2. The Balaban J connectivity index is 1.39. The molecule has 0 atom stereocenters. The van der Waals surface area contributed by atoms with Gasteiger partial charge in [0.15, 0.2) is 11.5 Å². The molecule has 5 rings (SSSR count). The molecular weight excluding hydrogens is 458 g/mol. The first kappa shape index (κ1) is 23.9. The van der Waals surface area contributed by atoms with Gasteiger partial charge in [-0.3, -0.25) is 14.5 Å². The number of imidazole rings is 1. The van der Waals surface area contributed by atoms with Crippen molar-refractivity contribution in [2.45, 2.75) is 64.5 Å². The van der Waals surface area contributed by atoms with Crippen LogP contribution >= 0.6 is 0 Å². The van der Waals surface area contributed by atoms with Gasteiger partial charge in [-0.15, -0.1) is 0 Å². The van der Waals surface area contributed by atoms with Crippen LogP contribution in [0, 0.1) is 0 Å². The molecule has 0 amide bonds. The lowest BCUT2D eigenvalue weighted by atomic mass is 9.87. The molecule has 0 aliphatic heterocycles. The molecule has 2 N–H and O–H groups in total. The van der Waals surface area contributed by atoms with E-state index in [1.807, 2.05) is 28.4 Å². The van der Waals surface area contributed by atoms with E-state index in [2.05, 4.69) is 41.0 Å². The Morgan fingerprint density at radius 3 is 2.67 bits per heavy atom. The van der Waals surface area contributed by atoms with Crippen LogP contribution in [-0.2, 0) is 23.7 Å². The SMILES string of the molecule is CC(=O)Cc1cc(Oc2cnc3nc(Nc4cc(C(C)(C)C)n(C5CC(O)C5)n4)n(C)c3c2)ccn1. The summed E-state index contributed by atoms with van der Waals surface area (Å²) in [6, 6.07) is 7.63. The number of carbonyl (C=O) groups is 1. The van der Waals surface area contributed by atoms with Gasteiger partial charge in [-0.05, 0) is 25.8 Å². The Hall–Kier alpha value is -3.79. The number of Topliss-reactive ketones (excluding diaryl/α,β-unsaturated/α-hetero) is 1. The number of aryl methyl sites for hydroxylation is 1. The van der Waals surface area contributed by atoms with E-state index in [-0.39, 0.29) is 29.8 Å². The fourth-order valence-electron chi connectivity index (χ4n) is 4.39. The zero-order valence-electron chi connectivity index (χ0n) is 21.2. The van der Waals surface area contributed by atoms with Crippen molar-refractivity contribution in [1.29, 1.82) is 0 Å². The van der Waals surface area contributed by atoms with Crippen molar-refractivity contribution >= 4 is 28.7 Å². The Bertz CT molecular complexity index is 1430. The minimum absolute atomic E-state index is 0.0439. The number of ketones is 1. The van der Waals surface area contributed by atoms with E-state index in [1.165, 1.54) is 6.92 Å².